The third kappa shape index (κ3) is 4.71. The van der Waals surface area contributed by atoms with E-state index in [-0.39, 0.29) is 6.03 Å². The fraction of sp³-hybridized carbons (Fsp3) is 0.250. The lowest BCUT2D eigenvalue weighted by molar-refractivity contribution is 0.255. The fourth-order valence-corrected chi connectivity index (χ4v) is 2.48. The molecule has 3 nitrogen and oxygen atoms in total. The van der Waals surface area contributed by atoms with Crippen LogP contribution in [0.3, 0.4) is 0 Å². The molecular weight excluding hydrogens is 284 g/mol. The summed E-state index contributed by atoms with van der Waals surface area (Å²) in [6, 6.07) is 14.0. The number of amides is 2. The van der Waals surface area contributed by atoms with E-state index in [4.69, 9.17) is 0 Å². The Hall–Kier alpha value is -2.55. The Morgan fingerprint density at radius 3 is 2.52 bits per heavy atom. The maximum Gasteiger partial charge on any atom is 0.323 e. The van der Waals surface area contributed by atoms with Crippen molar-refractivity contribution in [3.8, 4) is 0 Å². The van der Waals surface area contributed by atoms with Crippen LogP contribution in [0.25, 0.3) is 6.08 Å². The lowest BCUT2D eigenvalue weighted by atomic mass is 9.98. The molecule has 2 rings (SSSR count). The molecule has 0 aliphatic carbocycles. The van der Waals surface area contributed by atoms with Crippen LogP contribution in [0.4, 0.5) is 10.5 Å². The largest absolute Gasteiger partial charge is 0.323 e. The van der Waals surface area contributed by atoms with E-state index in [2.05, 4.69) is 36.6 Å². The highest BCUT2D eigenvalue weighted by molar-refractivity contribution is 5.92. The highest BCUT2D eigenvalue weighted by Crippen LogP contribution is 2.27. The Kier molecular flexibility index (Phi) is 5.58. The van der Waals surface area contributed by atoms with Gasteiger partial charge in [-0.05, 0) is 42.5 Å². The zero-order valence-electron chi connectivity index (χ0n) is 14.2. The molecule has 2 N–H and O–H groups in total. The van der Waals surface area contributed by atoms with Gasteiger partial charge in [0, 0.05) is 11.9 Å². The van der Waals surface area contributed by atoms with Crippen molar-refractivity contribution in [2.45, 2.75) is 33.6 Å². The van der Waals surface area contributed by atoms with Crippen molar-refractivity contribution >= 4 is 17.8 Å². The average Bonchev–Trinajstić information content (AvgIpc) is 2.49. The van der Waals surface area contributed by atoms with E-state index in [1.54, 1.807) is 6.20 Å². The summed E-state index contributed by atoms with van der Waals surface area (Å²) >= 11 is 0. The second-order valence-corrected chi connectivity index (χ2v) is 6.04. The Morgan fingerprint density at radius 2 is 1.83 bits per heavy atom. The molecule has 120 valence electrons. The molecule has 0 atom stereocenters. The van der Waals surface area contributed by atoms with Crippen LogP contribution in [0, 0.1) is 13.8 Å². The summed E-state index contributed by atoms with van der Waals surface area (Å²) in [5.41, 5.74) is 5.35. The molecule has 0 saturated carbocycles. The lowest BCUT2D eigenvalue weighted by Crippen LogP contribution is -2.25. The average molecular weight is 308 g/mol. The van der Waals surface area contributed by atoms with Crippen molar-refractivity contribution in [2.24, 2.45) is 0 Å². The van der Waals surface area contributed by atoms with Crippen LogP contribution in [0.15, 0.2) is 48.7 Å². The van der Waals surface area contributed by atoms with Gasteiger partial charge >= 0.3 is 6.03 Å². The number of carbonyl (C=O) groups excluding carboxylic acids is 1. The van der Waals surface area contributed by atoms with Gasteiger partial charge in [0.1, 0.15) is 0 Å². The third-order valence-corrected chi connectivity index (χ3v) is 3.70. The van der Waals surface area contributed by atoms with Gasteiger partial charge in [-0.15, -0.1) is 0 Å². The molecule has 0 radical (unpaired) electrons. The molecule has 0 aliphatic heterocycles. The van der Waals surface area contributed by atoms with Gasteiger partial charge in [-0.25, -0.2) is 4.79 Å². The predicted octanol–water partition coefficient (Wildman–Crippen LogP) is 5.22. The van der Waals surface area contributed by atoms with Crippen LogP contribution in [0.2, 0.25) is 0 Å². The fourth-order valence-electron chi connectivity index (χ4n) is 2.48. The van der Waals surface area contributed by atoms with Gasteiger partial charge < -0.3 is 10.6 Å². The summed E-state index contributed by atoms with van der Waals surface area (Å²) < 4.78 is 0. The standard InChI is InChI=1S/C20H24N2O/c1-14(2)18-10-6-8-16(4)19(18)22-20(23)21-12-11-17-9-5-7-15(3)13-17/h5-14H,1-4H3,(H2,21,22,23)/b12-11+. The summed E-state index contributed by atoms with van der Waals surface area (Å²) in [4.78, 5) is 12.1. The van der Waals surface area contributed by atoms with Crippen molar-refractivity contribution < 1.29 is 4.79 Å². The molecule has 0 saturated heterocycles. The normalized spacial score (nSPS) is 11.0. The zero-order chi connectivity index (χ0) is 16.8. The van der Waals surface area contributed by atoms with E-state index in [0.717, 1.165) is 22.4 Å². The molecule has 0 aromatic heterocycles. The first-order valence-corrected chi connectivity index (χ1v) is 7.87. The summed E-state index contributed by atoms with van der Waals surface area (Å²) in [6.07, 6.45) is 3.55. The number of urea groups is 1. The molecule has 2 aromatic rings. The molecule has 0 fully saturated rings. The highest BCUT2D eigenvalue weighted by atomic mass is 16.2. The summed E-state index contributed by atoms with van der Waals surface area (Å²) in [5.74, 6) is 0.355. The number of carbonyl (C=O) groups is 1. The Balaban J connectivity index is 2.03. The van der Waals surface area contributed by atoms with Crippen molar-refractivity contribution in [3.05, 3.63) is 70.9 Å². The minimum atomic E-state index is -0.231. The van der Waals surface area contributed by atoms with E-state index in [9.17, 15) is 4.79 Å². The SMILES string of the molecule is Cc1cccc(/C=C/NC(=O)Nc2c(C)cccc2C(C)C)c1. The molecule has 0 bridgehead atoms. The molecule has 3 heteroatoms. The van der Waals surface area contributed by atoms with Gasteiger partial charge in [-0.1, -0.05) is 61.9 Å². The second-order valence-electron chi connectivity index (χ2n) is 6.04. The second kappa shape index (κ2) is 7.63. The number of rotatable bonds is 4. The maximum atomic E-state index is 12.1. The van der Waals surface area contributed by atoms with Gasteiger partial charge in [0.2, 0.25) is 0 Å². The number of para-hydroxylation sites is 1. The number of hydrogen-bond donors (Lipinski definition) is 2. The van der Waals surface area contributed by atoms with Gasteiger partial charge in [0.15, 0.2) is 0 Å². The molecule has 2 amide bonds. The minimum Gasteiger partial charge on any atom is -0.314 e. The predicted molar refractivity (Wildman–Crippen MR) is 97.6 cm³/mol. The van der Waals surface area contributed by atoms with Crippen LogP contribution in [0.1, 0.15) is 42.0 Å². The first-order valence-electron chi connectivity index (χ1n) is 7.87. The van der Waals surface area contributed by atoms with Crippen LogP contribution < -0.4 is 10.6 Å². The van der Waals surface area contributed by atoms with E-state index in [0.29, 0.717) is 5.92 Å². The molecule has 2 aromatic carbocycles. The Labute approximate surface area is 138 Å². The van der Waals surface area contributed by atoms with E-state index in [1.807, 2.05) is 50.3 Å². The molecule has 23 heavy (non-hydrogen) atoms. The third-order valence-electron chi connectivity index (χ3n) is 3.70. The van der Waals surface area contributed by atoms with Crippen LogP contribution >= 0.6 is 0 Å². The number of anilines is 1. The van der Waals surface area contributed by atoms with Crippen molar-refractivity contribution in [2.75, 3.05) is 5.32 Å². The molecular formula is C20H24N2O. The number of hydrogen-bond acceptors (Lipinski definition) is 1. The van der Waals surface area contributed by atoms with Gasteiger partial charge in [-0.3, -0.25) is 0 Å². The Bertz CT molecular complexity index is 717. The summed E-state index contributed by atoms with van der Waals surface area (Å²) in [7, 11) is 0. The van der Waals surface area contributed by atoms with E-state index >= 15 is 0 Å². The lowest BCUT2D eigenvalue weighted by Gasteiger charge is -2.16. The maximum absolute atomic E-state index is 12.1. The number of aryl methyl sites for hydroxylation is 2. The van der Waals surface area contributed by atoms with Crippen molar-refractivity contribution in [1.29, 1.82) is 0 Å². The van der Waals surface area contributed by atoms with Gasteiger partial charge in [0.05, 0.1) is 0 Å². The summed E-state index contributed by atoms with van der Waals surface area (Å²) in [5, 5.41) is 5.72. The molecule has 0 unspecified atom stereocenters. The van der Waals surface area contributed by atoms with E-state index in [1.165, 1.54) is 5.56 Å². The first kappa shape index (κ1) is 16.8. The van der Waals surface area contributed by atoms with Crippen molar-refractivity contribution in [3.63, 3.8) is 0 Å². The smallest absolute Gasteiger partial charge is 0.314 e. The van der Waals surface area contributed by atoms with Crippen LogP contribution in [-0.4, -0.2) is 6.03 Å². The quantitative estimate of drug-likeness (QED) is 0.799. The number of benzene rings is 2. The van der Waals surface area contributed by atoms with Crippen molar-refractivity contribution in [1.82, 2.24) is 5.32 Å². The van der Waals surface area contributed by atoms with Gasteiger partial charge in [0.25, 0.3) is 0 Å². The highest BCUT2D eigenvalue weighted by Gasteiger charge is 2.11. The molecule has 0 heterocycles. The summed E-state index contributed by atoms with van der Waals surface area (Å²) in [6.45, 7) is 8.29. The number of nitrogens with one attached hydrogen (secondary N) is 2. The molecule has 0 aliphatic rings. The van der Waals surface area contributed by atoms with Crippen LogP contribution in [0.5, 0.6) is 0 Å². The van der Waals surface area contributed by atoms with Gasteiger partial charge in [-0.2, -0.15) is 0 Å². The van der Waals surface area contributed by atoms with Crippen LogP contribution in [-0.2, 0) is 0 Å². The Morgan fingerprint density at radius 1 is 1.09 bits per heavy atom. The topological polar surface area (TPSA) is 41.1 Å². The zero-order valence-corrected chi connectivity index (χ0v) is 14.2. The van der Waals surface area contributed by atoms with E-state index < -0.39 is 0 Å². The minimum absolute atomic E-state index is 0.231. The molecule has 0 spiro atoms. The first-order chi connectivity index (χ1) is 11.0. The monoisotopic (exact) mass is 308 g/mol.